The third-order valence-electron chi connectivity index (χ3n) is 6.60. The Bertz CT molecular complexity index is 770. The van der Waals surface area contributed by atoms with Crippen LogP contribution in [0.5, 0.6) is 11.5 Å². The lowest BCUT2D eigenvalue weighted by Crippen LogP contribution is -2.46. The Morgan fingerprint density at radius 2 is 1.63 bits per heavy atom. The second-order valence-corrected chi connectivity index (χ2v) is 8.33. The Labute approximate surface area is 162 Å². The summed E-state index contributed by atoms with van der Waals surface area (Å²) in [7, 11) is 0. The van der Waals surface area contributed by atoms with Gasteiger partial charge in [0, 0.05) is 12.6 Å². The molecule has 2 heterocycles. The van der Waals surface area contributed by atoms with Gasteiger partial charge in [-0.25, -0.2) is 0 Å². The average Bonchev–Trinajstić information content (AvgIpc) is 2.74. The summed E-state index contributed by atoms with van der Waals surface area (Å²) in [6.07, 6.45) is 8.49. The van der Waals surface area contributed by atoms with Crippen molar-refractivity contribution in [2.24, 2.45) is 5.92 Å². The number of hydrogen-bond donors (Lipinski definition) is 0. The fraction of sp³-hybridized carbons (Fsp3) is 0.500. The van der Waals surface area contributed by atoms with E-state index in [0.29, 0.717) is 6.61 Å². The van der Waals surface area contributed by atoms with Crippen molar-refractivity contribution in [2.45, 2.75) is 57.2 Å². The summed E-state index contributed by atoms with van der Waals surface area (Å²) in [5, 5.41) is 0. The lowest BCUT2D eigenvalue weighted by molar-refractivity contribution is 0.0546. The van der Waals surface area contributed by atoms with Crippen molar-refractivity contribution >= 4 is 0 Å². The molecule has 5 rings (SSSR count). The molecule has 0 spiro atoms. The maximum atomic E-state index is 6.14. The molecular weight excluding hydrogens is 334 g/mol. The summed E-state index contributed by atoms with van der Waals surface area (Å²) in [4.78, 5) is 2.75. The molecule has 0 N–H and O–H groups in total. The van der Waals surface area contributed by atoms with Crippen LogP contribution in [0, 0.1) is 5.92 Å². The molecule has 3 aliphatic rings. The van der Waals surface area contributed by atoms with Crippen LogP contribution >= 0.6 is 0 Å². The second kappa shape index (κ2) is 7.55. The topological polar surface area (TPSA) is 21.7 Å². The molecular formula is C24H29NO2. The highest BCUT2D eigenvalue weighted by Crippen LogP contribution is 2.37. The highest BCUT2D eigenvalue weighted by atomic mass is 16.6. The molecule has 3 nitrogen and oxygen atoms in total. The average molecular weight is 364 g/mol. The Balaban J connectivity index is 1.25. The molecule has 2 aromatic carbocycles. The molecule has 2 fully saturated rings. The molecule has 0 aromatic heterocycles. The van der Waals surface area contributed by atoms with E-state index >= 15 is 0 Å². The molecule has 1 aliphatic carbocycles. The van der Waals surface area contributed by atoms with Crippen LogP contribution in [0.25, 0.3) is 0 Å². The van der Waals surface area contributed by atoms with Crippen LogP contribution in [-0.4, -0.2) is 24.1 Å². The number of piperidine rings is 1. The first-order valence-corrected chi connectivity index (χ1v) is 10.6. The van der Waals surface area contributed by atoms with Crippen LogP contribution in [0.15, 0.2) is 48.5 Å². The minimum atomic E-state index is -0.0216. The predicted molar refractivity (Wildman–Crippen MR) is 107 cm³/mol. The molecule has 0 radical (unpaired) electrons. The van der Waals surface area contributed by atoms with E-state index in [1.54, 1.807) is 0 Å². The first-order valence-electron chi connectivity index (χ1n) is 10.6. The van der Waals surface area contributed by atoms with Crippen LogP contribution in [0.3, 0.4) is 0 Å². The van der Waals surface area contributed by atoms with E-state index in [-0.39, 0.29) is 6.10 Å². The van der Waals surface area contributed by atoms with Crippen molar-refractivity contribution in [3.05, 3.63) is 59.7 Å². The number of fused-ring (bicyclic) bond motifs is 2. The summed E-state index contributed by atoms with van der Waals surface area (Å²) in [5.74, 6) is 2.63. The zero-order chi connectivity index (χ0) is 18.1. The molecule has 1 saturated carbocycles. The van der Waals surface area contributed by atoms with Gasteiger partial charge < -0.3 is 9.47 Å². The van der Waals surface area contributed by atoms with Crippen molar-refractivity contribution in [3.8, 4) is 11.5 Å². The monoisotopic (exact) mass is 363 g/mol. The molecule has 1 saturated heterocycles. The predicted octanol–water partition coefficient (Wildman–Crippen LogP) is 5.35. The van der Waals surface area contributed by atoms with Gasteiger partial charge in [-0.3, -0.25) is 4.90 Å². The lowest BCUT2D eigenvalue weighted by Gasteiger charge is -2.44. The quantitative estimate of drug-likeness (QED) is 0.733. The SMILES string of the molecule is c1ccc2c(c1)OCC(c1ccc(CN3CCCC4CCCCC43)cc1)O2. The van der Waals surface area contributed by atoms with Gasteiger partial charge in [-0.15, -0.1) is 0 Å². The number of nitrogens with zero attached hydrogens (tertiary/aromatic N) is 1. The summed E-state index contributed by atoms with van der Waals surface area (Å²) in [5.41, 5.74) is 2.62. The first-order chi connectivity index (χ1) is 13.4. The Morgan fingerprint density at radius 3 is 2.52 bits per heavy atom. The van der Waals surface area contributed by atoms with Crippen LogP contribution in [0.1, 0.15) is 55.8 Å². The largest absolute Gasteiger partial charge is 0.485 e. The normalized spacial score (nSPS) is 27.8. The zero-order valence-corrected chi connectivity index (χ0v) is 16.0. The minimum Gasteiger partial charge on any atom is -0.485 e. The van der Waals surface area contributed by atoms with E-state index in [9.17, 15) is 0 Å². The van der Waals surface area contributed by atoms with Crippen LogP contribution in [0.4, 0.5) is 0 Å². The molecule has 2 aliphatic heterocycles. The van der Waals surface area contributed by atoms with Crippen molar-refractivity contribution in [3.63, 3.8) is 0 Å². The zero-order valence-electron chi connectivity index (χ0n) is 16.0. The van der Waals surface area contributed by atoms with Gasteiger partial charge >= 0.3 is 0 Å². The van der Waals surface area contributed by atoms with Gasteiger partial charge in [-0.1, -0.05) is 49.2 Å². The maximum absolute atomic E-state index is 6.14. The fourth-order valence-corrected chi connectivity index (χ4v) is 5.18. The van der Waals surface area contributed by atoms with Crippen LogP contribution in [0.2, 0.25) is 0 Å². The third kappa shape index (κ3) is 3.58. The number of likely N-dealkylation sites (tertiary alicyclic amines) is 1. The molecule has 0 bridgehead atoms. The van der Waals surface area contributed by atoms with Crippen molar-refractivity contribution in [1.29, 1.82) is 0 Å². The molecule has 3 atom stereocenters. The number of ether oxygens (including phenoxy) is 2. The lowest BCUT2D eigenvalue weighted by atomic mass is 9.78. The van der Waals surface area contributed by atoms with E-state index in [1.165, 1.54) is 56.2 Å². The Kier molecular flexibility index (Phi) is 4.79. The van der Waals surface area contributed by atoms with Gasteiger partial charge in [0.2, 0.25) is 0 Å². The maximum Gasteiger partial charge on any atom is 0.162 e. The van der Waals surface area contributed by atoms with Gasteiger partial charge in [0.05, 0.1) is 0 Å². The molecule has 2 aromatic rings. The van der Waals surface area contributed by atoms with Gasteiger partial charge in [-0.2, -0.15) is 0 Å². The van der Waals surface area contributed by atoms with E-state index in [4.69, 9.17) is 9.47 Å². The summed E-state index contributed by atoms with van der Waals surface area (Å²) >= 11 is 0. The number of hydrogen-bond acceptors (Lipinski definition) is 3. The summed E-state index contributed by atoms with van der Waals surface area (Å²) in [6.45, 7) is 2.93. The van der Waals surface area contributed by atoms with Crippen molar-refractivity contribution in [1.82, 2.24) is 4.90 Å². The number of benzene rings is 2. The number of rotatable bonds is 3. The smallest absolute Gasteiger partial charge is 0.162 e. The Morgan fingerprint density at radius 1 is 0.852 bits per heavy atom. The Hall–Kier alpha value is -2.00. The molecule has 0 amide bonds. The highest BCUT2D eigenvalue weighted by molar-refractivity contribution is 5.41. The van der Waals surface area contributed by atoms with E-state index in [0.717, 1.165) is 30.0 Å². The van der Waals surface area contributed by atoms with Crippen LogP contribution < -0.4 is 9.47 Å². The van der Waals surface area contributed by atoms with Crippen molar-refractivity contribution < 1.29 is 9.47 Å². The second-order valence-electron chi connectivity index (χ2n) is 8.33. The molecule has 3 heteroatoms. The van der Waals surface area contributed by atoms with Gasteiger partial charge in [0.15, 0.2) is 17.6 Å². The van der Waals surface area contributed by atoms with E-state index in [2.05, 4.69) is 29.2 Å². The highest BCUT2D eigenvalue weighted by Gasteiger charge is 2.33. The molecule has 3 unspecified atom stereocenters. The van der Waals surface area contributed by atoms with Gasteiger partial charge in [0.25, 0.3) is 0 Å². The molecule has 27 heavy (non-hydrogen) atoms. The van der Waals surface area contributed by atoms with E-state index < -0.39 is 0 Å². The van der Waals surface area contributed by atoms with E-state index in [1.807, 2.05) is 24.3 Å². The standard InChI is InChI=1S/C24H29NO2/c1-2-8-21-19(6-1)7-5-15-25(21)16-18-11-13-20(14-12-18)24-17-26-22-9-3-4-10-23(22)27-24/h3-4,9-14,19,21,24H,1-2,5-8,15-17H2. The minimum absolute atomic E-state index is 0.0216. The first kappa shape index (κ1) is 17.1. The third-order valence-corrected chi connectivity index (χ3v) is 6.60. The number of para-hydroxylation sites is 2. The molecule has 142 valence electrons. The van der Waals surface area contributed by atoms with Gasteiger partial charge in [0.1, 0.15) is 6.61 Å². The van der Waals surface area contributed by atoms with Crippen molar-refractivity contribution in [2.75, 3.05) is 13.2 Å². The fourth-order valence-electron chi connectivity index (χ4n) is 5.18. The van der Waals surface area contributed by atoms with Gasteiger partial charge in [-0.05, 0) is 61.4 Å². The van der Waals surface area contributed by atoms with Crippen LogP contribution in [-0.2, 0) is 6.54 Å². The summed E-state index contributed by atoms with van der Waals surface area (Å²) < 4.78 is 12.0. The summed E-state index contributed by atoms with van der Waals surface area (Å²) in [6, 6.07) is 17.7.